The van der Waals surface area contributed by atoms with Crippen LogP contribution in [0.5, 0.6) is 5.75 Å². The molecular formula is C10H9FN4OS. The van der Waals surface area contributed by atoms with Gasteiger partial charge in [0.25, 0.3) is 0 Å². The minimum atomic E-state index is -0.554. The Bertz CT molecular complexity index is 544. The summed E-state index contributed by atoms with van der Waals surface area (Å²) in [6.07, 6.45) is 1.43. The minimum absolute atomic E-state index is 0.0749. The summed E-state index contributed by atoms with van der Waals surface area (Å²) in [6, 6.07) is 3.66. The summed E-state index contributed by atoms with van der Waals surface area (Å²) in [5.41, 5.74) is 6.34. The average molecular weight is 252 g/mol. The highest BCUT2D eigenvalue weighted by molar-refractivity contribution is 7.81. The Morgan fingerprint density at radius 1 is 1.35 bits per heavy atom. The van der Waals surface area contributed by atoms with Crippen molar-refractivity contribution in [1.29, 1.82) is 0 Å². The third-order valence-corrected chi connectivity index (χ3v) is 2.32. The molecule has 0 aliphatic carbocycles. The van der Waals surface area contributed by atoms with E-state index in [-0.39, 0.29) is 11.7 Å². The van der Waals surface area contributed by atoms with Crippen molar-refractivity contribution in [2.45, 2.75) is 0 Å². The van der Waals surface area contributed by atoms with Crippen molar-refractivity contribution in [3.05, 3.63) is 30.2 Å². The lowest BCUT2D eigenvalue weighted by Gasteiger charge is -2.08. The van der Waals surface area contributed by atoms with Gasteiger partial charge in [-0.1, -0.05) is 12.8 Å². The van der Waals surface area contributed by atoms with Crippen LogP contribution < -0.4 is 10.5 Å². The first-order valence-electron chi connectivity index (χ1n) is 4.62. The Hall–Kier alpha value is -2.02. The van der Waals surface area contributed by atoms with Crippen molar-refractivity contribution in [3.63, 3.8) is 0 Å². The van der Waals surface area contributed by atoms with Crippen molar-refractivity contribution in [2.75, 3.05) is 10.5 Å². The maximum Gasteiger partial charge on any atom is 0.221 e. The summed E-state index contributed by atoms with van der Waals surface area (Å²) < 4.78 is 15.7. The first-order chi connectivity index (χ1) is 8.10. The average Bonchev–Trinajstić information content (AvgIpc) is 2.27. The molecule has 0 aliphatic rings. The third-order valence-electron chi connectivity index (χ3n) is 2.11. The predicted octanol–water partition coefficient (Wildman–Crippen LogP) is 1.83. The van der Waals surface area contributed by atoms with Crippen LogP contribution in [0.1, 0.15) is 0 Å². The molecule has 1 heterocycles. The molecule has 5 nitrogen and oxygen atoms in total. The lowest BCUT2D eigenvalue weighted by atomic mass is 10.1. The molecule has 0 atom stereocenters. The number of nitrogen functional groups attached to an aromatic ring is 1. The fourth-order valence-electron chi connectivity index (χ4n) is 1.42. The number of nitrogens with zero attached hydrogens (tertiary/aromatic N) is 2. The van der Waals surface area contributed by atoms with Gasteiger partial charge in [0.2, 0.25) is 5.95 Å². The van der Waals surface area contributed by atoms with E-state index in [2.05, 4.69) is 27.5 Å². The number of phenols is 1. The standard InChI is InChI=1S/C10H9FN4OS/c11-6-1-5(2-7(16)3-6)8-4-13-10(12)14-9(8)15-17/h1-4,16-17H,(H3,12,13,14,15). The molecule has 1 aromatic heterocycles. The molecule has 0 spiro atoms. The van der Waals surface area contributed by atoms with Gasteiger partial charge in [0.1, 0.15) is 17.4 Å². The zero-order chi connectivity index (χ0) is 12.4. The number of nitrogens with two attached hydrogens (primary N) is 1. The van der Waals surface area contributed by atoms with Gasteiger partial charge in [-0.05, 0) is 17.7 Å². The number of hydrogen-bond acceptors (Lipinski definition) is 6. The van der Waals surface area contributed by atoms with Gasteiger partial charge < -0.3 is 15.6 Å². The number of benzene rings is 1. The maximum absolute atomic E-state index is 13.2. The molecule has 0 bridgehead atoms. The number of aromatic hydroxyl groups is 1. The smallest absolute Gasteiger partial charge is 0.221 e. The van der Waals surface area contributed by atoms with Crippen molar-refractivity contribution in [1.82, 2.24) is 9.97 Å². The van der Waals surface area contributed by atoms with E-state index in [1.54, 1.807) is 0 Å². The summed E-state index contributed by atoms with van der Waals surface area (Å²) >= 11 is 3.88. The fourth-order valence-corrected chi connectivity index (χ4v) is 1.59. The monoisotopic (exact) mass is 252 g/mol. The van der Waals surface area contributed by atoms with E-state index in [1.807, 2.05) is 0 Å². The van der Waals surface area contributed by atoms with Crippen molar-refractivity contribution in [2.24, 2.45) is 0 Å². The lowest BCUT2D eigenvalue weighted by molar-refractivity contribution is 0.469. The van der Waals surface area contributed by atoms with Crippen molar-refractivity contribution in [3.8, 4) is 16.9 Å². The van der Waals surface area contributed by atoms with Gasteiger partial charge >= 0.3 is 0 Å². The largest absolute Gasteiger partial charge is 0.508 e. The first-order valence-corrected chi connectivity index (χ1v) is 5.07. The van der Waals surface area contributed by atoms with Gasteiger partial charge in [-0.2, -0.15) is 4.98 Å². The maximum atomic E-state index is 13.2. The highest BCUT2D eigenvalue weighted by atomic mass is 32.1. The Labute approximate surface area is 102 Å². The minimum Gasteiger partial charge on any atom is -0.508 e. The summed E-state index contributed by atoms with van der Waals surface area (Å²) in [5.74, 6) is -0.319. The molecule has 0 saturated carbocycles. The molecule has 0 aliphatic heterocycles. The molecule has 0 fully saturated rings. The van der Waals surface area contributed by atoms with Crippen LogP contribution in [0, 0.1) is 5.82 Å². The van der Waals surface area contributed by atoms with Gasteiger partial charge in [-0.25, -0.2) is 9.37 Å². The van der Waals surface area contributed by atoms with E-state index in [0.29, 0.717) is 16.9 Å². The zero-order valence-corrected chi connectivity index (χ0v) is 9.45. The second-order valence-corrected chi connectivity index (χ2v) is 3.52. The van der Waals surface area contributed by atoms with Crippen LogP contribution in [0.4, 0.5) is 16.2 Å². The van der Waals surface area contributed by atoms with E-state index >= 15 is 0 Å². The summed E-state index contributed by atoms with van der Waals surface area (Å²) in [7, 11) is 0. The van der Waals surface area contributed by atoms with E-state index in [1.165, 1.54) is 18.3 Å². The van der Waals surface area contributed by atoms with E-state index in [9.17, 15) is 9.50 Å². The Kier molecular flexibility index (Phi) is 3.01. The lowest BCUT2D eigenvalue weighted by Crippen LogP contribution is -1.99. The second kappa shape index (κ2) is 4.46. The van der Waals surface area contributed by atoms with E-state index in [0.717, 1.165) is 6.07 Å². The number of halogens is 1. The molecule has 4 N–H and O–H groups in total. The Balaban J connectivity index is 2.59. The number of thiol groups is 1. The van der Waals surface area contributed by atoms with Crippen LogP contribution in [0.15, 0.2) is 24.4 Å². The molecule has 88 valence electrons. The second-order valence-electron chi connectivity index (χ2n) is 3.30. The molecule has 0 radical (unpaired) electrons. The quantitative estimate of drug-likeness (QED) is 0.613. The van der Waals surface area contributed by atoms with Crippen molar-refractivity contribution >= 4 is 24.6 Å². The Morgan fingerprint density at radius 3 is 2.76 bits per heavy atom. The molecule has 0 amide bonds. The summed E-state index contributed by atoms with van der Waals surface area (Å²) in [6.45, 7) is 0. The molecule has 2 aromatic rings. The van der Waals surface area contributed by atoms with Gasteiger partial charge in [0.15, 0.2) is 0 Å². The molecule has 2 rings (SSSR count). The number of nitrogens with one attached hydrogen (secondary N) is 1. The van der Waals surface area contributed by atoms with Crippen LogP contribution >= 0.6 is 12.8 Å². The molecule has 1 aromatic carbocycles. The first kappa shape index (κ1) is 11.5. The highest BCUT2D eigenvalue weighted by Gasteiger charge is 2.09. The van der Waals surface area contributed by atoms with Gasteiger partial charge in [-0.15, -0.1) is 0 Å². The van der Waals surface area contributed by atoms with Crippen LogP contribution in [-0.2, 0) is 0 Å². The molecule has 7 heteroatoms. The summed E-state index contributed by atoms with van der Waals surface area (Å²) in [4.78, 5) is 7.71. The van der Waals surface area contributed by atoms with Gasteiger partial charge in [-0.3, -0.25) is 0 Å². The van der Waals surface area contributed by atoms with Gasteiger partial charge in [0, 0.05) is 17.8 Å². The predicted molar refractivity (Wildman–Crippen MR) is 66.1 cm³/mol. The normalized spacial score (nSPS) is 10.2. The van der Waals surface area contributed by atoms with E-state index in [4.69, 9.17) is 5.73 Å². The van der Waals surface area contributed by atoms with Gasteiger partial charge in [0.05, 0.1) is 0 Å². The van der Waals surface area contributed by atoms with Crippen molar-refractivity contribution < 1.29 is 9.50 Å². The van der Waals surface area contributed by atoms with Crippen LogP contribution in [0.25, 0.3) is 11.1 Å². The topological polar surface area (TPSA) is 84.1 Å². The highest BCUT2D eigenvalue weighted by Crippen LogP contribution is 2.29. The Morgan fingerprint density at radius 2 is 2.12 bits per heavy atom. The zero-order valence-electron chi connectivity index (χ0n) is 8.55. The van der Waals surface area contributed by atoms with Crippen LogP contribution in [-0.4, -0.2) is 15.1 Å². The molecule has 0 saturated heterocycles. The number of anilines is 2. The van der Waals surface area contributed by atoms with Crippen LogP contribution in [0.2, 0.25) is 0 Å². The molecule has 17 heavy (non-hydrogen) atoms. The number of aromatic nitrogens is 2. The van der Waals surface area contributed by atoms with E-state index < -0.39 is 5.82 Å². The molecule has 0 unspecified atom stereocenters. The number of phenolic OH excluding ortho intramolecular Hbond substituents is 1. The third kappa shape index (κ3) is 2.39. The fraction of sp³-hybridized carbons (Fsp3) is 0. The molecular weight excluding hydrogens is 243 g/mol. The number of hydrogen-bond donors (Lipinski definition) is 4. The number of rotatable bonds is 2. The van der Waals surface area contributed by atoms with Crippen LogP contribution in [0.3, 0.4) is 0 Å². The SMILES string of the molecule is Nc1ncc(-c2cc(O)cc(F)c2)c(NS)n1. The summed E-state index contributed by atoms with van der Waals surface area (Å²) in [5, 5.41) is 9.33.